The normalized spacial score (nSPS) is 12.5. The highest BCUT2D eigenvalue weighted by atomic mass is 16.4. The molecule has 2 aromatic rings. The number of para-hydroxylation sites is 1. The van der Waals surface area contributed by atoms with Crippen LogP contribution in [0, 0.1) is 0 Å². The van der Waals surface area contributed by atoms with Crippen LogP contribution in [-0.2, 0) is 4.79 Å². The summed E-state index contributed by atoms with van der Waals surface area (Å²) in [5, 5.41) is 9.32. The van der Waals surface area contributed by atoms with E-state index in [0.717, 1.165) is 0 Å². The molecule has 0 fully saturated rings. The number of fused-ring (bicyclic) bond motifs is 1. The summed E-state index contributed by atoms with van der Waals surface area (Å²) < 4.78 is 5.20. The maximum absolute atomic E-state index is 11.8. The molecule has 88 valence electrons. The molecule has 0 aliphatic rings. The van der Waals surface area contributed by atoms with Crippen molar-refractivity contribution in [2.24, 2.45) is 5.73 Å². The molecule has 0 aliphatic heterocycles. The van der Waals surface area contributed by atoms with E-state index in [4.69, 9.17) is 15.3 Å². The zero-order valence-corrected chi connectivity index (χ0v) is 8.92. The molecule has 1 aromatic carbocycles. The van der Waals surface area contributed by atoms with Gasteiger partial charge in [-0.2, -0.15) is 0 Å². The standard InChI is InChI=1S/C12H11NO4/c13-9(12(15)16)5-10(14)8-6-17-11-4-2-1-3-7(8)11/h1-4,6,9H,5,13H2,(H,15,16)/t9-/m1/s1. The molecule has 0 aliphatic carbocycles. The lowest BCUT2D eigenvalue weighted by molar-refractivity contribution is -0.138. The Morgan fingerprint density at radius 3 is 2.76 bits per heavy atom. The molecule has 0 radical (unpaired) electrons. The van der Waals surface area contributed by atoms with Crippen LogP contribution < -0.4 is 5.73 Å². The van der Waals surface area contributed by atoms with Gasteiger partial charge in [-0.15, -0.1) is 0 Å². The van der Waals surface area contributed by atoms with Crippen LogP contribution in [0.4, 0.5) is 0 Å². The first-order valence-electron chi connectivity index (χ1n) is 5.07. The summed E-state index contributed by atoms with van der Waals surface area (Å²) in [7, 11) is 0. The van der Waals surface area contributed by atoms with Gasteiger partial charge in [-0.3, -0.25) is 9.59 Å². The number of carbonyl (C=O) groups excluding carboxylic acids is 1. The van der Waals surface area contributed by atoms with Crippen LogP contribution in [0.5, 0.6) is 0 Å². The summed E-state index contributed by atoms with van der Waals surface area (Å²) in [4.78, 5) is 22.4. The lowest BCUT2D eigenvalue weighted by Gasteiger charge is -2.03. The van der Waals surface area contributed by atoms with Crippen LogP contribution in [0.15, 0.2) is 34.9 Å². The third-order valence-corrected chi connectivity index (χ3v) is 2.50. The lowest BCUT2D eigenvalue weighted by Crippen LogP contribution is -2.32. The number of benzene rings is 1. The molecule has 5 nitrogen and oxygen atoms in total. The number of nitrogens with two attached hydrogens (primary N) is 1. The van der Waals surface area contributed by atoms with Gasteiger partial charge in [0, 0.05) is 11.8 Å². The van der Waals surface area contributed by atoms with Crippen molar-refractivity contribution in [3.8, 4) is 0 Å². The second kappa shape index (κ2) is 4.39. The molecule has 1 aromatic heterocycles. The van der Waals surface area contributed by atoms with E-state index in [1.165, 1.54) is 6.26 Å². The quantitative estimate of drug-likeness (QED) is 0.779. The van der Waals surface area contributed by atoms with E-state index in [-0.39, 0.29) is 12.2 Å². The third-order valence-electron chi connectivity index (χ3n) is 2.50. The Balaban J connectivity index is 2.28. The smallest absolute Gasteiger partial charge is 0.320 e. The van der Waals surface area contributed by atoms with Crippen LogP contribution in [-0.4, -0.2) is 22.9 Å². The maximum atomic E-state index is 11.8. The van der Waals surface area contributed by atoms with Gasteiger partial charge in [0.2, 0.25) is 0 Å². The maximum Gasteiger partial charge on any atom is 0.320 e. The van der Waals surface area contributed by atoms with Crippen molar-refractivity contribution in [3.05, 3.63) is 36.1 Å². The van der Waals surface area contributed by atoms with Crippen molar-refractivity contribution < 1.29 is 19.1 Å². The Hall–Kier alpha value is -2.14. The molecule has 0 saturated heterocycles. The van der Waals surface area contributed by atoms with E-state index in [1.807, 2.05) is 0 Å². The summed E-state index contributed by atoms with van der Waals surface area (Å²) in [6.07, 6.45) is 1.10. The Morgan fingerprint density at radius 2 is 2.06 bits per heavy atom. The summed E-state index contributed by atoms with van der Waals surface area (Å²) in [5.74, 6) is -1.52. The monoisotopic (exact) mass is 233 g/mol. The number of carboxylic acids is 1. The summed E-state index contributed by atoms with van der Waals surface area (Å²) in [5.41, 5.74) is 6.29. The number of ketones is 1. The molecule has 0 amide bonds. The number of Topliss-reactive ketones (excluding diaryl/α,β-unsaturated/α-hetero) is 1. The molecule has 3 N–H and O–H groups in total. The van der Waals surface area contributed by atoms with Gasteiger partial charge in [-0.1, -0.05) is 18.2 Å². The molecule has 0 saturated carbocycles. The van der Waals surface area contributed by atoms with Crippen molar-refractivity contribution in [2.75, 3.05) is 0 Å². The summed E-state index contributed by atoms with van der Waals surface area (Å²) in [6.45, 7) is 0. The number of furan rings is 1. The Labute approximate surface area is 96.8 Å². The van der Waals surface area contributed by atoms with Gasteiger partial charge in [0.1, 0.15) is 17.9 Å². The molecule has 5 heteroatoms. The SMILES string of the molecule is N[C@H](CC(=O)c1coc2ccccc12)C(=O)O. The molecular formula is C12H11NO4. The summed E-state index contributed by atoms with van der Waals surface area (Å²) in [6, 6.07) is 5.88. The summed E-state index contributed by atoms with van der Waals surface area (Å²) >= 11 is 0. The molecular weight excluding hydrogens is 222 g/mol. The molecule has 0 bridgehead atoms. The van der Waals surface area contributed by atoms with E-state index in [0.29, 0.717) is 16.5 Å². The first-order chi connectivity index (χ1) is 8.09. The predicted molar refractivity (Wildman–Crippen MR) is 60.8 cm³/mol. The molecule has 0 unspecified atom stereocenters. The largest absolute Gasteiger partial charge is 0.480 e. The van der Waals surface area contributed by atoms with Crippen molar-refractivity contribution in [1.82, 2.24) is 0 Å². The van der Waals surface area contributed by atoms with Gasteiger partial charge < -0.3 is 15.3 Å². The first-order valence-corrected chi connectivity index (χ1v) is 5.07. The van der Waals surface area contributed by atoms with Crippen molar-refractivity contribution >= 4 is 22.7 Å². The van der Waals surface area contributed by atoms with Gasteiger partial charge in [0.25, 0.3) is 0 Å². The number of hydrogen-bond donors (Lipinski definition) is 2. The van der Waals surface area contributed by atoms with Crippen LogP contribution in [0.25, 0.3) is 11.0 Å². The first kappa shape index (κ1) is 11.3. The number of rotatable bonds is 4. The average molecular weight is 233 g/mol. The highest BCUT2D eigenvalue weighted by Gasteiger charge is 2.20. The second-order valence-electron chi connectivity index (χ2n) is 3.72. The van der Waals surface area contributed by atoms with E-state index >= 15 is 0 Å². The van der Waals surface area contributed by atoms with Crippen molar-refractivity contribution in [1.29, 1.82) is 0 Å². The molecule has 0 spiro atoms. The van der Waals surface area contributed by atoms with E-state index in [9.17, 15) is 9.59 Å². The highest BCUT2D eigenvalue weighted by molar-refractivity contribution is 6.08. The minimum atomic E-state index is -1.19. The fraction of sp³-hybridized carbons (Fsp3) is 0.167. The predicted octanol–water partition coefficient (Wildman–Crippen LogP) is 1.42. The topological polar surface area (TPSA) is 93.5 Å². The van der Waals surface area contributed by atoms with Crippen LogP contribution in [0.3, 0.4) is 0 Å². The van der Waals surface area contributed by atoms with Crippen LogP contribution >= 0.6 is 0 Å². The highest BCUT2D eigenvalue weighted by Crippen LogP contribution is 2.22. The van der Waals surface area contributed by atoms with Gasteiger partial charge in [-0.25, -0.2) is 0 Å². The molecule has 1 heterocycles. The van der Waals surface area contributed by atoms with Gasteiger partial charge >= 0.3 is 5.97 Å². The van der Waals surface area contributed by atoms with Crippen LogP contribution in [0.1, 0.15) is 16.8 Å². The molecule has 17 heavy (non-hydrogen) atoms. The van der Waals surface area contributed by atoms with E-state index < -0.39 is 12.0 Å². The number of hydrogen-bond acceptors (Lipinski definition) is 4. The minimum absolute atomic E-state index is 0.237. The van der Waals surface area contributed by atoms with Gasteiger partial charge in [0.15, 0.2) is 5.78 Å². The zero-order chi connectivity index (χ0) is 12.4. The van der Waals surface area contributed by atoms with Crippen LogP contribution in [0.2, 0.25) is 0 Å². The van der Waals surface area contributed by atoms with Crippen molar-refractivity contribution in [2.45, 2.75) is 12.5 Å². The van der Waals surface area contributed by atoms with E-state index in [2.05, 4.69) is 0 Å². The zero-order valence-electron chi connectivity index (χ0n) is 8.92. The lowest BCUT2D eigenvalue weighted by atomic mass is 10.0. The number of aliphatic carboxylic acids is 1. The van der Waals surface area contributed by atoms with Crippen molar-refractivity contribution in [3.63, 3.8) is 0 Å². The van der Waals surface area contributed by atoms with Gasteiger partial charge in [-0.05, 0) is 6.07 Å². The third kappa shape index (κ3) is 2.19. The Kier molecular flexibility index (Phi) is 2.93. The number of carboxylic acid groups (broad SMARTS) is 1. The van der Waals surface area contributed by atoms with Gasteiger partial charge in [0.05, 0.1) is 5.56 Å². The number of carbonyl (C=O) groups is 2. The second-order valence-corrected chi connectivity index (χ2v) is 3.72. The van der Waals surface area contributed by atoms with E-state index in [1.54, 1.807) is 24.3 Å². The fourth-order valence-electron chi connectivity index (χ4n) is 1.59. The minimum Gasteiger partial charge on any atom is -0.480 e. The Bertz CT molecular complexity index is 573. The molecule has 1 atom stereocenters. The Morgan fingerprint density at radius 1 is 1.35 bits per heavy atom. The fourth-order valence-corrected chi connectivity index (χ4v) is 1.59. The molecule has 2 rings (SSSR count). The average Bonchev–Trinajstić information content (AvgIpc) is 2.72.